The second-order valence-corrected chi connectivity index (χ2v) is 15.0. The van der Waals surface area contributed by atoms with E-state index < -0.39 is 81.8 Å². The van der Waals surface area contributed by atoms with Crippen LogP contribution in [0.3, 0.4) is 0 Å². The Labute approximate surface area is 277 Å². The maximum absolute atomic E-state index is 14.0. The molecule has 0 saturated heterocycles. The first-order valence-electron chi connectivity index (χ1n) is 16.5. The van der Waals surface area contributed by atoms with E-state index in [0.717, 1.165) is 5.56 Å². The lowest BCUT2D eigenvalue weighted by molar-refractivity contribution is -0.194. The van der Waals surface area contributed by atoms with Gasteiger partial charge in [-0.3, -0.25) is 24.0 Å². The normalized spacial score (nSPS) is 37.4. The molecule has 4 aliphatic carbocycles. The Hall–Kier alpha value is -3.53. The van der Waals surface area contributed by atoms with E-state index in [1.165, 1.54) is 20.8 Å². The van der Waals surface area contributed by atoms with Gasteiger partial charge in [0.05, 0.1) is 11.8 Å². The highest BCUT2D eigenvalue weighted by atomic mass is 16.6. The molecule has 4 fully saturated rings. The number of nitrogens with zero attached hydrogens (tertiary/aromatic N) is 1. The van der Waals surface area contributed by atoms with Crippen molar-refractivity contribution in [3.8, 4) is 0 Å². The van der Waals surface area contributed by atoms with Crippen molar-refractivity contribution in [1.29, 1.82) is 0 Å². The van der Waals surface area contributed by atoms with Crippen LogP contribution < -0.4 is 0 Å². The summed E-state index contributed by atoms with van der Waals surface area (Å²) in [5.74, 6) is -3.34. The van der Waals surface area contributed by atoms with Gasteiger partial charge in [0.2, 0.25) is 0 Å². The van der Waals surface area contributed by atoms with Crippen LogP contribution in [0.2, 0.25) is 0 Å². The minimum absolute atomic E-state index is 0.0602. The molecule has 0 unspecified atom stereocenters. The Morgan fingerprint density at radius 3 is 2.00 bits per heavy atom. The van der Waals surface area contributed by atoms with E-state index in [-0.39, 0.29) is 24.7 Å². The van der Waals surface area contributed by atoms with Gasteiger partial charge in [-0.25, -0.2) is 0 Å². The van der Waals surface area contributed by atoms with Crippen molar-refractivity contribution >= 4 is 29.7 Å². The second kappa shape index (κ2) is 11.9. The molecule has 0 amide bonds. The molecule has 1 aromatic carbocycles. The van der Waals surface area contributed by atoms with E-state index in [0.29, 0.717) is 18.4 Å². The van der Waals surface area contributed by atoms with Crippen LogP contribution >= 0.6 is 0 Å². The molecule has 10 heteroatoms. The third-order valence-electron chi connectivity index (χ3n) is 12.4. The van der Waals surface area contributed by atoms with Crippen LogP contribution in [0.5, 0.6) is 0 Å². The molecule has 1 aromatic rings. The van der Waals surface area contributed by atoms with E-state index in [9.17, 15) is 24.0 Å². The highest BCUT2D eigenvalue weighted by Gasteiger charge is 2.92. The minimum Gasteiger partial charge on any atom is -0.461 e. The molecule has 4 saturated carbocycles. The summed E-state index contributed by atoms with van der Waals surface area (Å²) in [4.78, 5) is 68.3. The van der Waals surface area contributed by atoms with Gasteiger partial charge >= 0.3 is 23.9 Å². The van der Waals surface area contributed by atoms with Crippen LogP contribution in [0.1, 0.15) is 85.8 Å². The Morgan fingerprint density at radius 2 is 1.45 bits per heavy atom. The van der Waals surface area contributed by atoms with Gasteiger partial charge < -0.3 is 23.8 Å². The summed E-state index contributed by atoms with van der Waals surface area (Å²) >= 11 is 0. The lowest BCUT2D eigenvalue weighted by atomic mass is 9.42. The maximum Gasteiger partial charge on any atom is 0.308 e. The number of ketones is 1. The predicted octanol–water partition coefficient (Wildman–Crippen LogP) is 4.99. The third-order valence-corrected chi connectivity index (χ3v) is 12.4. The topological polar surface area (TPSA) is 126 Å². The number of rotatable bonds is 8. The van der Waals surface area contributed by atoms with Gasteiger partial charge in [-0.1, -0.05) is 64.6 Å². The van der Waals surface area contributed by atoms with Crippen molar-refractivity contribution in [1.82, 2.24) is 4.90 Å². The molecule has 10 nitrogen and oxygen atoms in total. The molecule has 4 aliphatic rings. The fourth-order valence-electron chi connectivity index (χ4n) is 10.9. The van der Waals surface area contributed by atoms with Crippen molar-refractivity contribution in [2.45, 2.75) is 105 Å². The van der Waals surface area contributed by atoms with E-state index in [1.54, 1.807) is 0 Å². The molecule has 10 atom stereocenters. The van der Waals surface area contributed by atoms with E-state index in [1.807, 2.05) is 77.0 Å². The van der Waals surface area contributed by atoms with Gasteiger partial charge in [0.15, 0.2) is 0 Å². The average Bonchev–Trinajstić information content (AvgIpc) is 3.22. The molecular weight excluding hydrogens is 602 g/mol. The fraction of sp³-hybridized carbons (Fsp3) is 0.649. The maximum atomic E-state index is 14.0. The number of carbonyl (C=O) groups excluding carboxylic acids is 5. The lowest BCUT2D eigenvalue weighted by Gasteiger charge is -2.60. The number of fused-ring (bicyclic) bond motifs is 1. The van der Waals surface area contributed by atoms with Crippen LogP contribution in [0.15, 0.2) is 42.5 Å². The number of hydrogen-bond acceptors (Lipinski definition) is 10. The summed E-state index contributed by atoms with van der Waals surface area (Å²) in [6.07, 6.45) is -2.79. The molecule has 0 aliphatic heterocycles. The molecule has 2 bridgehead atoms. The summed E-state index contributed by atoms with van der Waals surface area (Å²) in [7, 11) is 3.81. The van der Waals surface area contributed by atoms with Crippen molar-refractivity contribution in [2.24, 2.45) is 33.5 Å². The number of carbonyl (C=O) groups is 5. The quantitative estimate of drug-likeness (QED) is 0.216. The van der Waals surface area contributed by atoms with E-state index in [2.05, 4.69) is 6.58 Å². The first kappa shape index (κ1) is 34.8. The smallest absolute Gasteiger partial charge is 0.308 e. The summed E-state index contributed by atoms with van der Waals surface area (Å²) < 4.78 is 24.9. The highest BCUT2D eigenvalue weighted by Crippen LogP contribution is 2.86. The molecule has 2 spiro atoms. The Morgan fingerprint density at radius 1 is 0.894 bits per heavy atom. The zero-order valence-corrected chi connectivity index (χ0v) is 29.1. The monoisotopic (exact) mass is 651 g/mol. The zero-order chi connectivity index (χ0) is 34.9. The van der Waals surface area contributed by atoms with Gasteiger partial charge in [0.1, 0.15) is 30.2 Å². The standard InChI is InChI=1S/C37H49NO9/c1-20-28(42)18-26-31(44-22(3)39)37-21(2)29(47-30(43)19-27(38(9)10)25-14-12-11-13-15-25)16-17-35(37,8)32(45-23(4)40)33(46-24(5)41)36(20,37)34(26,6)7/h11-15,20,26-27,29,31-33H,2,16-19H2,1,3-10H3/t20-,26+,27-,29+,31-,32+,33+,35+,36+,37-/m1/s1. The first-order valence-corrected chi connectivity index (χ1v) is 16.5. The van der Waals surface area contributed by atoms with Crippen LogP contribution in [0.25, 0.3) is 0 Å². The second-order valence-electron chi connectivity index (χ2n) is 15.0. The van der Waals surface area contributed by atoms with Crippen molar-refractivity contribution < 1.29 is 42.9 Å². The minimum atomic E-state index is -1.27. The van der Waals surface area contributed by atoms with Crippen LogP contribution in [0.4, 0.5) is 0 Å². The molecule has 256 valence electrons. The van der Waals surface area contributed by atoms with Crippen molar-refractivity contribution in [3.63, 3.8) is 0 Å². The third kappa shape index (κ3) is 4.71. The van der Waals surface area contributed by atoms with Crippen molar-refractivity contribution in [2.75, 3.05) is 14.1 Å². The first-order chi connectivity index (χ1) is 21.9. The summed E-state index contributed by atoms with van der Waals surface area (Å²) in [5.41, 5.74) is -2.82. The van der Waals surface area contributed by atoms with Crippen molar-refractivity contribution in [3.05, 3.63) is 48.0 Å². The van der Waals surface area contributed by atoms with E-state index >= 15 is 0 Å². The SMILES string of the molecule is C=C1[C@@H](OC(=O)C[C@H](c2ccccc2)N(C)C)CC[C@@]2(C)[C@@H](OC(C)=O)[C@H](OC(C)=O)[C@]34[C@H](C)C(=O)C[C@@H]([C@@H](OC(C)=O)[C@@]132)C4(C)C. The van der Waals surface area contributed by atoms with E-state index in [4.69, 9.17) is 18.9 Å². The molecule has 0 N–H and O–H groups in total. The van der Waals surface area contributed by atoms with Gasteiger partial charge in [0.25, 0.3) is 0 Å². The highest BCUT2D eigenvalue weighted by molar-refractivity contribution is 5.86. The van der Waals surface area contributed by atoms with Crippen LogP contribution in [0, 0.1) is 33.5 Å². The molecule has 0 radical (unpaired) electrons. The lowest BCUT2D eigenvalue weighted by Crippen LogP contribution is -2.63. The summed E-state index contributed by atoms with van der Waals surface area (Å²) in [6, 6.07) is 9.48. The molecular formula is C37H49NO9. The molecule has 47 heavy (non-hydrogen) atoms. The van der Waals surface area contributed by atoms with Crippen LogP contribution in [-0.4, -0.2) is 73.1 Å². The molecule has 5 rings (SSSR count). The number of Topliss-reactive ketones (excluding diaryl/α,β-unsaturated/α-hetero) is 1. The Balaban J connectivity index is 1.69. The number of benzene rings is 1. The van der Waals surface area contributed by atoms with Crippen LogP contribution in [-0.2, 0) is 42.9 Å². The molecule has 0 aromatic heterocycles. The predicted molar refractivity (Wildman–Crippen MR) is 171 cm³/mol. The average molecular weight is 652 g/mol. The number of esters is 4. The zero-order valence-electron chi connectivity index (χ0n) is 29.1. The summed E-state index contributed by atoms with van der Waals surface area (Å²) in [6.45, 7) is 16.4. The largest absolute Gasteiger partial charge is 0.461 e. The number of ether oxygens (including phenoxy) is 4. The van der Waals surface area contributed by atoms with Gasteiger partial charge in [0, 0.05) is 55.9 Å². The summed E-state index contributed by atoms with van der Waals surface area (Å²) in [5, 5.41) is 0. The van der Waals surface area contributed by atoms with Gasteiger partial charge in [-0.05, 0) is 43.5 Å². The van der Waals surface area contributed by atoms with Gasteiger partial charge in [-0.2, -0.15) is 0 Å². The Bertz CT molecular complexity index is 1490. The fourth-order valence-corrected chi connectivity index (χ4v) is 10.9. The molecule has 0 heterocycles. The number of hydrogen-bond donors (Lipinski definition) is 0. The van der Waals surface area contributed by atoms with Gasteiger partial charge in [-0.15, -0.1) is 0 Å². The Kier molecular flexibility index (Phi) is 8.78.